The summed E-state index contributed by atoms with van der Waals surface area (Å²) in [6, 6.07) is 28.4. The molecular formula is C39H45N9O5. The van der Waals surface area contributed by atoms with Crippen molar-refractivity contribution in [2.75, 3.05) is 38.0 Å². The zero-order valence-electron chi connectivity index (χ0n) is 29.6. The molecule has 2 aliphatic heterocycles. The predicted molar refractivity (Wildman–Crippen MR) is 199 cm³/mol. The molecule has 4 unspecified atom stereocenters. The number of fused-ring (bicyclic) bond motifs is 2. The number of urea groups is 1. The second-order valence-corrected chi connectivity index (χ2v) is 13.3. The first-order chi connectivity index (χ1) is 25.9. The quantitative estimate of drug-likeness (QED) is 0.106. The Morgan fingerprint density at radius 3 is 2.30 bits per heavy atom. The van der Waals surface area contributed by atoms with Crippen LogP contribution in [0.2, 0.25) is 0 Å². The fourth-order valence-electron chi connectivity index (χ4n) is 7.02. The van der Waals surface area contributed by atoms with E-state index in [9.17, 15) is 19.8 Å². The van der Waals surface area contributed by atoms with E-state index in [2.05, 4.69) is 79.7 Å². The van der Waals surface area contributed by atoms with Crippen molar-refractivity contribution >= 4 is 28.9 Å². The molecule has 0 aliphatic carbocycles. The number of amides is 3. The number of hydrogen-bond acceptors (Lipinski definition) is 10. The Kier molecular flexibility index (Phi) is 11.2. The van der Waals surface area contributed by atoms with Gasteiger partial charge in [-0.15, -0.1) is 0 Å². The molecule has 1 saturated heterocycles. The van der Waals surface area contributed by atoms with Gasteiger partial charge in [-0.05, 0) is 35.6 Å². The van der Waals surface area contributed by atoms with Crippen LogP contribution in [0.1, 0.15) is 47.1 Å². The summed E-state index contributed by atoms with van der Waals surface area (Å²) in [6.45, 7) is 5.53. The molecule has 6 N–H and O–H groups in total. The van der Waals surface area contributed by atoms with E-state index in [4.69, 9.17) is 14.7 Å². The summed E-state index contributed by atoms with van der Waals surface area (Å²) in [7, 11) is 0. The number of benzene rings is 3. The smallest absolute Gasteiger partial charge is 0.315 e. The molecule has 53 heavy (non-hydrogen) atoms. The van der Waals surface area contributed by atoms with Crippen molar-refractivity contribution in [2.24, 2.45) is 0 Å². The molecule has 0 saturated carbocycles. The highest BCUT2D eigenvalue weighted by molar-refractivity contribution is 5.84. The molecule has 14 nitrogen and oxygen atoms in total. The summed E-state index contributed by atoms with van der Waals surface area (Å²) in [5, 5.41) is 33.7. The third kappa shape index (κ3) is 8.15. The van der Waals surface area contributed by atoms with Gasteiger partial charge in [0.15, 0.2) is 35.1 Å². The topological polar surface area (TPSA) is 179 Å². The minimum Gasteiger partial charge on any atom is -0.387 e. The highest BCUT2D eigenvalue weighted by Gasteiger charge is 2.47. The first kappa shape index (κ1) is 36.0. The van der Waals surface area contributed by atoms with Gasteiger partial charge in [0.05, 0.1) is 12.9 Å². The monoisotopic (exact) mass is 719 g/mol. The molecule has 0 radical (unpaired) electrons. The first-order valence-corrected chi connectivity index (χ1v) is 18.1. The van der Waals surface area contributed by atoms with Crippen LogP contribution < -0.4 is 21.3 Å². The van der Waals surface area contributed by atoms with Gasteiger partial charge in [-0.1, -0.05) is 84.9 Å². The molecule has 276 valence electrons. The number of anilines is 1. The number of nitrogens with one attached hydrogen (secondary N) is 4. The Morgan fingerprint density at radius 2 is 1.58 bits per heavy atom. The van der Waals surface area contributed by atoms with E-state index in [1.54, 1.807) is 6.92 Å². The number of imidazole rings is 1. The van der Waals surface area contributed by atoms with E-state index < -0.39 is 30.4 Å². The van der Waals surface area contributed by atoms with Crippen LogP contribution in [0.25, 0.3) is 11.2 Å². The number of carbonyl (C=O) groups is 2. The summed E-state index contributed by atoms with van der Waals surface area (Å²) in [5.41, 5.74) is 5.62. The molecule has 2 aromatic heterocycles. The van der Waals surface area contributed by atoms with Gasteiger partial charge >= 0.3 is 6.03 Å². The van der Waals surface area contributed by atoms with Crippen LogP contribution in [0.5, 0.6) is 0 Å². The van der Waals surface area contributed by atoms with Crippen molar-refractivity contribution in [2.45, 2.75) is 56.9 Å². The minimum atomic E-state index is -1.47. The molecule has 4 heterocycles. The van der Waals surface area contributed by atoms with Crippen molar-refractivity contribution in [1.82, 2.24) is 40.4 Å². The maximum Gasteiger partial charge on any atom is 0.315 e. The van der Waals surface area contributed by atoms with E-state index in [1.807, 2.05) is 36.4 Å². The summed E-state index contributed by atoms with van der Waals surface area (Å²) in [5.74, 6) is 0.144. The fourth-order valence-corrected chi connectivity index (χ4v) is 7.02. The van der Waals surface area contributed by atoms with Gasteiger partial charge in [-0.3, -0.25) is 14.3 Å². The standard InChI is InChI=1S/C39H45N9O5/c1-2-40-37(51)34-32(49)33(50)38(53-34)48-24-44-31-35(42-21-29(26-12-5-3-6-13-26)27-14-7-4-8-15-27)45-30(46-36(31)48)22-43-39(52)41-18-20-47-19-17-25-11-9-10-16-28(25)23-47/h3-16,24,29,32-34,38,49-50H,2,17-23H2,1H3,(H,40,51)(H2,41,43,52)(H,42,45,46). The number of aromatic nitrogens is 4. The van der Waals surface area contributed by atoms with Gasteiger partial charge in [0.25, 0.3) is 5.91 Å². The lowest BCUT2D eigenvalue weighted by Crippen LogP contribution is -2.42. The average molecular weight is 720 g/mol. The number of likely N-dealkylation sites (N-methyl/N-ethyl adjacent to an activating group) is 1. The number of carbonyl (C=O) groups excluding carboxylic acids is 2. The lowest BCUT2D eigenvalue weighted by atomic mass is 9.91. The van der Waals surface area contributed by atoms with Crippen LogP contribution in [-0.2, 0) is 29.0 Å². The molecule has 5 aromatic rings. The highest BCUT2D eigenvalue weighted by Crippen LogP contribution is 2.33. The lowest BCUT2D eigenvalue weighted by molar-refractivity contribution is -0.137. The molecular weight excluding hydrogens is 674 g/mol. The van der Waals surface area contributed by atoms with E-state index >= 15 is 0 Å². The summed E-state index contributed by atoms with van der Waals surface area (Å²) >= 11 is 0. The molecule has 14 heteroatoms. The second-order valence-electron chi connectivity index (χ2n) is 13.3. The van der Waals surface area contributed by atoms with Crippen molar-refractivity contribution < 1.29 is 24.5 Å². The van der Waals surface area contributed by atoms with Crippen molar-refractivity contribution in [3.63, 3.8) is 0 Å². The van der Waals surface area contributed by atoms with Gasteiger partial charge in [-0.2, -0.15) is 0 Å². The fraction of sp³-hybridized carbons (Fsp3) is 0.359. The van der Waals surface area contributed by atoms with Gasteiger partial charge in [0.1, 0.15) is 12.2 Å². The Hall–Kier alpha value is -5.41. The molecule has 2 aliphatic rings. The van der Waals surface area contributed by atoms with Crippen LogP contribution in [0, 0.1) is 0 Å². The Bertz CT molecular complexity index is 1970. The number of hydrogen-bond donors (Lipinski definition) is 6. The van der Waals surface area contributed by atoms with Gasteiger partial charge < -0.3 is 36.2 Å². The van der Waals surface area contributed by atoms with E-state index in [1.165, 1.54) is 22.0 Å². The molecule has 3 amide bonds. The number of aliphatic hydroxyl groups excluding tert-OH is 2. The van der Waals surface area contributed by atoms with Gasteiger partial charge in [0, 0.05) is 45.2 Å². The van der Waals surface area contributed by atoms with Crippen LogP contribution in [0.3, 0.4) is 0 Å². The highest BCUT2D eigenvalue weighted by atomic mass is 16.6. The Labute approximate surface area is 307 Å². The van der Waals surface area contributed by atoms with E-state index in [0.717, 1.165) is 30.6 Å². The average Bonchev–Trinajstić information content (AvgIpc) is 3.74. The number of rotatable bonds is 13. The second kappa shape index (κ2) is 16.5. The number of aliphatic hydroxyl groups is 2. The predicted octanol–water partition coefficient (Wildman–Crippen LogP) is 2.68. The van der Waals surface area contributed by atoms with Crippen LogP contribution >= 0.6 is 0 Å². The minimum absolute atomic E-state index is 0.00223. The van der Waals surface area contributed by atoms with Gasteiger partial charge in [0.2, 0.25) is 0 Å². The van der Waals surface area contributed by atoms with Gasteiger partial charge in [-0.25, -0.2) is 19.7 Å². The van der Waals surface area contributed by atoms with Crippen molar-refractivity contribution in [1.29, 1.82) is 0 Å². The Morgan fingerprint density at radius 1 is 0.887 bits per heavy atom. The maximum absolute atomic E-state index is 12.9. The molecule has 4 atom stereocenters. The van der Waals surface area contributed by atoms with E-state index in [-0.39, 0.29) is 24.3 Å². The molecule has 3 aromatic carbocycles. The third-order valence-corrected chi connectivity index (χ3v) is 9.80. The first-order valence-electron chi connectivity index (χ1n) is 18.1. The normalized spacial score (nSPS) is 19.9. The number of ether oxygens (including phenoxy) is 1. The lowest BCUT2D eigenvalue weighted by Gasteiger charge is -2.28. The summed E-state index contributed by atoms with van der Waals surface area (Å²) in [6.07, 6.45) is -2.91. The Balaban J connectivity index is 1.10. The van der Waals surface area contributed by atoms with Crippen LogP contribution in [0.15, 0.2) is 91.3 Å². The number of nitrogens with zero attached hydrogens (tertiary/aromatic N) is 5. The van der Waals surface area contributed by atoms with Crippen LogP contribution in [0.4, 0.5) is 10.6 Å². The molecule has 0 spiro atoms. The van der Waals surface area contributed by atoms with E-state index in [0.29, 0.717) is 43.2 Å². The summed E-state index contributed by atoms with van der Waals surface area (Å²) < 4.78 is 7.39. The van der Waals surface area contributed by atoms with Crippen LogP contribution in [-0.4, -0.2) is 97.6 Å². The van der Waals surface area contributed by atoms with Crippen molar-refractivity contribution in [3.05, 3.63) is 119 Å². The molecule has 7 rings (SSSR count). The van der Waals surface area contributed by atoms with Crippen molar-refractivity contribution in [3.8, 4) is 0 Å². The summed E-state index contributed by atoms with van der Waals surface area (Å²) in [4.78, 5) is 42.0. The molecule has 1 fully saturated rings. The maximum atomic E-state index is 12.9. The largest absolute Gasteiger partial charge is 0.387 e. The zero-order valence-corrected chi connectivity index (χ0v) is 29.6. The third-order valence-electron chi connectivity index (χ3n) is 9.80. The SMILES string of the molecule is CCNC(=O)C1OC(n2cnc3c(NCC(c4ccccc4)c4ccccc4)nc(CNC(=O)NCCN4CCc5ccccc5C4)nc32)C(O)C1O. The molecule has 0 bridgehead atoms. The zero-order chi connectivity index (χ0) is 36.7.